The van der Waals surface area contributed by atoms with Crippen molar-refractivity contribution in [3.63, 3.8) is 0 Å². The van der Waals surface area contributed by atoms with Crippen LogP contribution < -0.4 is 16.8 Å². The Kier molecular flexibility index (Phi) is 5.97. The Morgan fingerprint density at radius 2 is 2.11 bits per heavy atom. The van der Waals surface area contributed by atoms with Gasteiger partial charge in [-0.2, -0.15) is 0 Å². The molecule has 19 heavy (non-hydrogen) atoms. The first-order valence-corrected chi connectivity index (χ1v) is 7.87. The number of amides is 1. The van der Waals surface area contributed by atoms with E-state index in [4.69, 9.17) is 11.5 Å². The van der Waals surface area contributed by atoms with E-state index in [1.807, 2.05) is 25.5 Å². The Morgan fingerprint density at radius 1 is 1.42 bits per heavy atom. The van der Waals surface area contributed by atoms with Crippen LogP contribution >= 0.6 is 23.5 Å². The van der Waals surface area contributed by atoms with Crippen LogP contribution in [0.3, 0.4) is 0 Å². The third kappa shape index (κ3) is 4.64. The molecular formula is C11H17N5OS2. The first kappa shape index (κ1) is 15.6. The van der Waals surface area contributed by atoms with Gasteiger partial charge in [-0.25, -0.2) is 9.98 Å². The summed E-state index contributed by atoms with van der Waals surface area (Å²) in [7, 11) is 0. The van der Waals surface area contributed by atoms with Gasteiger partial charge in [0.1, 0.15) is 11.6 Å². The van der Waals surface area contributed by atoms with Crippen LogP contribution in [0.2, 0.25) is 0 Å². The molecule has 0 spiro atoms. The van der Waals surface area contributed by atoms with Crippen molar-refractivity contribution in [1.29, 1.82) is 0 Å². The number of nitrogens with two attached hydrogens (primary N) is 2. The zero-order valence-corrected chi connectivity index (χ0v) is 12.7. The summed E-state index contributed by atoms with van der Waals surface area (Å²) < 4.78 is 0. The molecule has 0 bridgehead atoms. The lowest BCUT2D eigenvalue weighted by Crippen LogP contribution is -2.25. The predicted octanol–water partition coefficient (Wildman–Crippen LogP) is 1.05. The number of rotatable bonds is 5. The van der Waals surface area contributed by atoms with Crippen molar-refractivity contribution >= 4 is 41.1 Å². The lowest BCUT2D eigenvalue weighted by Gasteiger charge is -2.13. The lowest BCUT2D eigenvalue weighted by atomic mass is 10.3. The average molecular weight is 299 g/mol. The number of anilines is 1. The summed E-state index contributed by atoms with van der Waals surface area (Å²) in [5.74, 6) is -0.378. The largest absolute Gasteiger partial charge is 0.370 e. The Bertz CT molecular complexity index is 475. The van der Waals surface area contributed by atoms with Gasteiger partial charge in [0.05, 0.1) is 5.69 Å². The van der Waals surface area contributed by atoms with E-state index in [0.29, 0.717) is 5.69 Å². The van der Waals surface area contributed by atoms with Crippen molar-refractivity contribution < 1.29 is 4.79 Å². The van der Waals surface area contributed by atoms with Gasteiger partial charge >= 0.3 is 0 Å². The maximum absolute atomic E-state index is 11.8. The molecule has 104 valence electrons. The van der Waals surface area contributed by atoms with Crippen molar-refractivity contribution in [2.75, 3.05) is 24.4 Å². The number of hydrogen-bond acceptors (Lipinski definition) is 5. The number of carbonyl (C=O) groups excluding carboxylic acids is 1. The van der Waals surface area contributed by atoms with Gasteiger partial charge in [-0.1, -0.05) is 0 Å². The van der Waals surface area contributed by atoms with Crippen LogP contribution in [0.25, 0.3) is 0 Å². The molecule has 1 heterocycles. The molecule has 0 atom stereocenters. The molecule has 0 aliphatic heterocycles. The van der Waals surface area contributed by atoms with Crippen LogP contribution in [0.4, 0.5) is 5.69 Å². The topological polar surface area (TPSA) is 106 Å². The van der Waals surface area contributed by atoms with E-state index >= 15 is 0 Å². The molecule has 0 aliphatic carbocycles. The molecular weight excluding hydrogens is 282 g/mol. The minimum absolute atomic E-state index is 0.0994. The maximum atomic E-state index is 11.8. The van der Waals surface area contributed by atoms with E-state index in [0.717, 1.165) is 15.6 Å². The Hall–Kier alpha value is -1.41. The lowest BCUT2D eigenvalue weighted by molar-refractivity contribution is -0.114. The fraction of sp³-hybridized carbons (Fsp3) is 0.364. The van der Waals surface area contributed by atoms with Crippen molar-refractivity contribution in [2.24, 2.45) is 16.5 Å². The molecule has 0 unspecified atom stereocenters. The van der Waals surface area contributed by atoms with Crippen LogP contribution in [0.15, 0.2) is 21.0 Å². The predicted molar refractivity (Wildman–Crippen MR) is 81.8 cm³/mol. The number of thioether (sulfide) groups is 2. The fourth-order valence-corrected chi connectivity index (χ4v) is 2.69. The van der Waals surface area contributed by atoms with Crippen molar-refractivity contribution in [3.05, 3.63) is 11.8 Å². The van der Waals surface area contributed by atoms with Gasteiger partial charge in [-0.05, 0) is 25.5 Å². The molecule has 1 aromatic heterocycles. The molecule has 5 N–H and O–H groups in total. The number of aryl methyl sites for hydroxylation is 1. The zero-order valence-electron chi connectivity index (χ0n) is 11.1. The maximum Gasteiger partial charge on any atom is 0.246 e. The normalized spacial score (nSPS) is 10.1. The first-order chi connectivity index (χ1) is 8.97. The SMILES string of the molecule is CSc1cc(C)nc(SC)c1NC(=O)CN=C(N)N. The summed E-state index contributed by atoms with van der Waals surface area (Å²) in [6.45, 7) is 1.82. The van der Waals surface area contributed by atoms with Crippen LogP contribution in [0.5, 0.6) is 0 Å². The highest BCUT2D eigenvalue weighted by molar-refractivity contribution is 7.99. The van der Waals surface area contributed by atoms with Crippen molar-refractivity contribution in [2.45, 2.75) is 16.8 Å². The van der Waals surface area contributed by atoms with E-state index in [2.05, 4.69) is 15.3 Å². The Morgan fingerprint density at radius 3 is 2.63 bits per heavy atom. The summed E-state index contributed by atoms with van der Waals surface area (Å²) in [6, 6.07) is 1.93. The number of pyridine rings is 1. The van der Waals surface area contributed by atoms with Crippen LogP contribution in [0, 0.1) is 6.92 Å². The van der Waals surface area contributed by atoms with Crippen molar-refractivity contribution in [3.8, 4) is 0 Å². The van der Waals surface area contributed by atoms with Crippen LogP contribution in [-0.2, 0) is 4.79 Å². The van der Waals surface area contributed by atoms with Gasteiger partial charge in [0.25, 0.3) is 0 Å². The summed E-state index contributed by atoms with van der Waals surface area (Å²) in [5.41, 5.74) is 12.0. The van der Waals surface area contributed by atoms with Gasteiger partial charge in [-0.15, -0.1) is 23.5 Å². The highest BCUT2D eigenvalue weighted by Gasteiger charge is 2.13. The second-order valence-corrected chi connectivity index (χ2v) is 5.28. The average Bonchev–Trinajstić information content (AvgIpc) is 2.37. The Labute approximate surface area is 120 Å². The molecule has 0 saturated heterocycles. The van der Waals surface area contributed by atoms with Crippen LogP contribution in [-0.4, -0.2) is 35.9 Å². The Balaban J connectivity index is 2.99. The third-order valence-corrected chi connectivity index (χ3v) is 3.60. The minimum Gasteiger partial charge on any atom is -0.370 e. The number of nitrogens with one attached hydrogen (secondary N) is 1. The van der Waals surface area contributed by atoms with E-state index in [-0.39, 0.29) is 18.4 Å². The summed E-state index contributed by atoms with van der Waals surface area (Å²) in [4.78, 5) is 20.8. The molecule has 0 aliphatic rings. The van der Waals surface area contributed by atoms with Crippen LogP contribution in [0.1, 0.15) is 5.69 Å². The van der Waals surface area contributed by atoms with Gasteiger partial charge < -0.3 is 16.8 Å². The van der Waals surface area contributed by atoms with E-state index in [1.54, 1.807) is 11.8 Å². The molecule has 1 rings (SSSR count). The number of aromatic nitrogens is 1. The highest BCUT2D eigenvalue weighted by atomic mass is 32.2. The molecule has 0 saturated carbocycles. The smallest absolute Gasteiger partial charge is 0.246 e. The first-order valence-electron chi connectivity index (χ1n) is 5.42. The molecule has 0 aromatic carbocycles. The third-order valence-electron chi connectivity index (χ3n) is 2.16. The molecule has 8 heteroatoms. The standard InChI is InChI=1S/C11H17N5OS2/c1-6-4-7(18-2)9(10(15-6)19-3)16-8(17)5-14-11(12)13/h4H,5H2,1-3H3,(H,16,17)(H4,12,13,14). The summed E-state index contributed by atoms with van der Waals surface area (Å²) in [6.07, 6.45) is 3.86. The molecule has 0 radical (unpaired) electrons. The molecule has 1 aromatic rings. The van der Waals surface area contributed by atoms with E-state index < -0.39 is 0 Å². The van der Waals surface area contributed by atoms with Gasteiger partial charge in [0.2, 0.25) is 5.91 Å². The second-order valence-electron chi connectivity index (χ2n) is 3.64. The van der Waals surface area contributed by atoms with Gasteiger partial charge in [-0.3, -0.25) is 4.79 Å². The minimum atomic E-state index is -0.273. The number of carbonyl (C=O) groups is 1. The number of nitrogens with zero attached hydrogens (tertiary/aromatic N) is 2. The zero-order chi connectivity index (χ0) is 14.4. The highest BCUT2D eigenvalue weighted by Crippen LogP contribution is 2.33. The van der Waals surface area contributed by atoms with Gasteiger partial charge in [0.15, 0.2) is 5.96 Å². The number of aliphatic imine (C=N–C) groups is 1. The van der Waals surface area contributed by atoms with E-state index in [1.165, 1.54) is 11.8 Å². The van der Waals surface area contributed by atoms with Gasteiger partial charge in [0, 0.05) is 10.6 Å². The van der Waals surface area contributed by atoms with E-state index in [9.17, 15) is 4.79 Å². The number of hydrogen-bond donors (Lipinski definition) is 3. The molecule has 1 amide bonds. The second kappa shape index (κ2) is 7.25. The number of guanidine groups is 1. The monoisotopic (exact) mass is 299 g/mol. The fourth-order valence-electron chi connectivity index (χ4n) is 1.38. The quantitative estimate of drug-likeness (QED) is 0.426. The molecule has 0 fully saturated rings. The summed E-state index contributed by atoms with van der Waals surface area (Å²) in [5, 5.41) is 3.58. The molecule has 6 nitrogen and oxygen atoms in total. The van der Waals surface area contributed by atoms with Crippen molar-refractivity contribution in [1.82, 2.24) is 4.98 Å². The summed E-state index contributed by atoms with van der Waals surface area (Å²) >= 11 is 3.03.